The van der Waals surface area contributed by atoms with Gasteiger partial charge < -0.3 is 14.0 Å². The summed E-state index contributed by atoms with van der Waals surface area (Å²) in [5.41, 5.74) is 0.504. The Balaban J connectivity index is 2.11. The van der Waals surface area contributed by atoms with E-state index in [9.17, 15) is 18.0 Å². The number of carbonyl (C=O) groups excluding carboxylic acids is 1. The molecule has 1 atom stereocenters. The molecule has 1 aromatic carbocycles. The van der Waals surface area contributed by atoms with Crippen molar-refractivity contribution in [3.63, 3.8) is 0 Å². The van der Waals surface area contributed by atoms with E-state index >= 15 is 0 Å². The van der Waals surface area contributed by atoms with Gasteiger partial charge in [0, 0.05) is 19.4 Å². The van der Waals surface area contributed by atoms with Crippen LogP contribution in [0.2, 0.25) is 0 Å². The second-order valence-corrected chi connectivity index (χ2v) is 5.80. The maximum absolute atomic E-state index is 13.2. The average Bonchev–Trinajstić information content (AvgIpc) is 2.89. The van der Waals surface area contributed by atoms with Crippen molar-refractivity contribution in [1.82, 2.24) is 9.55 Å². The third-order valence-electron chi connectivity index (χ3n) is 3.26. The lowest BCUT2D eigenvalue weighted by Gasteiger charge is -2.20. The third-order valence-corrected chi connectivity index (χ3v) is 3.26. The maximum atomic E-state index is 13.2. The molecule has 5 nitrogen and oxygen atoms in total. The van der Waals surface area contributed by atoms with Gasteiger partial charge in [0.25, 0.3) is 6.10 Å². The molecule has 1 heterocycles. The zero-order chi connectivity index (χ0) is 18.6. The highest BCUT2D eigenvalue weighted by Crippen LogP contribution is 2.35. The van der Waals surface area contributed by atoms with Crippen LogP contribution in [0, 0.1) is 0 Å². The fourth-order valence-corrected chi connectivity index (χ4v) is 2.24. The number of alkyl halides is 3. The van der Waals surface area contributed by atoms with Crippen LogP contribution in [0.4, 0.5) is 13.2 Å². The first-order valence-electron chi connectivity index (χ1n) is 7.66. The van der Waals surface area contributed by atoms with E-state index in [0.717, 1.165) is 0 Å². The molecule has 0 radical (unpaired) electrons. The molecule has 25 heavy (non-hydrogen) atoms. The zero-order valence-electron chi connectivity index (χ0n) is 14.1. The third kappa shape index (κ3) is 5.23. The van der Waals surface area contributed by atoms with E-state index in [4.69, 9.17) is 4.74 Å². The van der Waals surface area contributed by atoms with Crippen molar-refractivity contribution in [1.29, 1.82) is 0 Å². The monoisotopic (exact) mass is 356 g/mol. The van der Waals surface area contributed by atoms with Gasteiger partial charge in [-0.25, -0.2) is 4.98 Å². The number of carbonyl (C=O) groups is 1. The molecular formula is C17H19F3N2O3. The number of hydrogen-bond donors (Lipinski definition) is 0. The van der Waals surface area contributed by atoms with Gasteiger partial charge in [0.15, 0.2) is 5.82 Å². The highest BCUT2D eigenvalue weighted by atomic mass is 19.4. The Morgan fingerprint density at radius 1 is 1.32 bits per heavy atom. The number of aromatic nitrogens is 2. The smallest absolute Gasteiger partial charge is 0.432 e. The van der Waals surface area contributed by atoms with Crippen molar-refractivity contribution in [3.8, 4) is 5.75 Å². The van der Waals surface area contributed by atoms with Gasteiger partial charge in [0.2, 0.25) is 0 Å². The molecule has 0 fully saturated rings. The lowest BCUT2D eigenvalue weighted by molar-refractivity contribution is -0.226. The van der Waals surface area contributed by atoms with Crippen LogP contribution in [0.1, 0.15) is 31.3 Å². The summed E-state index contributed by atoms with van der Waals surface area (Å²) in [6.07, 6.45) is -4.94. The number of rotatable bonds is 6. The number of halogens is 3. The van der Waals surface area contributed by atoms with Gasteiger partial charge in [-0.1, -0.05) is 12.1 Å². The van der Waals surface area contributed by atoms with Crippen LogP contribution < -0.4 is 4.74 Å². The lowest BCUT2D eigenvalue weighted by atomic mass is 10.1. The molecule has 0 bridgehead atoms. The molecule has 0 spiro atoms. The number of aryl methyl sites for hydroxylation is 1. The van der Waals surface area contributed by atoms with Crippen LogP contribution in [0.5, 0.6) is 5.75 Å². The summed E-state index contributed by atoms with van der Waals surface area (Å²) in [7, 11) is 1.40. The average molecular weight is 356 g/mol. The first-order valence-corrected chi connectivity index (χ1v) is 7.66. The van der Waals surface area contributed by atoms with Crippen molar-refractivity contribution < 1.29 is 27.4 Å². The molecule has 0 amide bonds. The summed E-state index contributed by atoms with van der Waals surface area (Å²) in [6, 6.07) is 6.60. The topological polar surface area (TPSA) is 53.4 Å². The van der Waals surface area contributed by atoms with Gasteiger partial charge in [0.1, 0.15) is 5.75 Å². The largest absolute Gasteiger partial charge is 0.491 e. The number of ether oxygens (including phenoxy) is 2. The zero-order valence-corrected chi connectivity index (χ0v) is 14.1. The van der Waals surface area contributed by atoms with E-state index in [-0.39, 0.29) is 18.3 Å². The molecule has 2 aromatic rings. The first-order chi connectivity index (χ1) is 11.7. The van der Waals surface area contributed by atoms with E-state index in [2.05, 4.69) is 9.72 Å². The van der Waals surface area contributed by atoms with Crippen molar-refractivity contribution in [3.05, 3.63) is 48.0 Å². The van der Waals surface area contributed by atoms with Crippen LogP contribution in [0.25, 0.3) is 0 Å². The second kappa shape index (κ2) is 7.58. The Hall–Kier alpha value is -2.51. The summed E-state index contributed by atoms with van der Waals surface area (Å²) < 4.78 is 51.0. The maximum Gasteiger partial charge on any atom is 0.432 e. The normalized spacial score (nSPS) is 12.9. The molecule has 1 aromatic heterocycles. The molecule has 0 aliphatic heterocycles. The Morgan fingerprint density at radius 2 is 2.04 bits per heavy atom. The lowest BCUT2D eigenvalue weighted by Crippen LogP contribution is -2.29. The highest BCUT2D eigenvalue weighted by molar-refractivity contribution is 5.73. The fraction of sp³-hybridized carbons (Fsp3) is 0.412. The molecular weight excluding hydrogens is 337 g/mol. The van der Waals surface area contributed by atoms with Gasteiger partial charge in [-0.2, -0.15) is 13.2 Å². The molecule has 136 valence electrons. The van der Waals surface area contributed by atoms with Crippen LogP contribution in [-0.2, 0) is 23.0 Å². The number of imidazole rings is 1. The Labute approximate surface area is 143 Å². The van der Waals surface area contributed by atoms with Crippen LogP contribution in [0.15, 0.2) is 36.7 Å². The van der Waals surface area contributed by atoms with Crippen LogP contribution >= 0.6 is 0 Å². The summed E-state index contributed by atoms with van der Waals surface area (Å²) >= 11 is 0. The Morgan fingerprint density at radius 3 is 2.60 bits per heavy atom. The molecule has 0 saturated carbocycles. The summed E-state index contributed by atoms with van der Waals surface area (Å²) in [5.74, 6) is -0.832. The van der Waals surface area contributed by atoms with E-state index < -0.39 is 18.2 Å². The second-order valence-electron chi connectivity index (χ2n) is 5.80. The van der Waals surface area contributed by atoms with Crippen molar-refractivity contribution in [2.24, 2.45) is 7.05 Å². The minimum atomic E-state index is -4.75. The SMILES string of the molecule is CC(C)Oc1cccc(CC(=O)OC(c2nccn2C)C(F)(F)F)c1. The van der Waals surface area contributed by atoms with Crippen molar-refractivity contribution in [2.75, 3.05) is 0 Å². The number of esters is 1. The Kier molecular flexibility index (Phi) is 5.71. The fourth-order valence-electron chi connectivity index (χ4n) is 2.24. The molecule has 1 unspecified atom stereocenters. The predicted octanol–water partition coefficient (Wildman–Crippen LogP) is 3.60. The molecule has 0 saturated heterocycles. The van der Waals surface area contributed by atoms with Gasteiger partial charge >= 0.3 is 12.1 Å². The van der Waals surface area contributed by atoms with Crippen molar-refractivity contribution in [2.45, 2.75) is 38.7 Å². The molecule has 0 aliphatic rings. The predicted molar refractivity (Wildman–Crippen MR) is 84.0 cm³/mol. The quantitative estimate of drug-likeness (QED) is 0.742. The van der Waals surface area contributed by atoms with Crippen molar-refractivity contribution >= 4 is 5.97 Å². The van der Waals surface area contributed by atoms with E-state index in [1.165, 1.54) is 24.0 Å². The van der Waals surface area contributed by atoms with Gasteiger partial charge in [-0.05, 0) is 31.5 Å². The minimum absolute atomic E-state index is 0.0553. The number of nitrogens with zero attached hydrogens (tertiary/aromatic N) is 2. The highest BCUT2D eigenvalue weighted by Gasteiger charge is 2.46. The van der Waals surface area contributed by atoms with Gasteiger partial charge in [-0.15, -0.1) is 0 Å². The van der Waals surface area contributed by atoms with E-state index in [1.807, 2.05) is 13.8 Å². The van der Waals surface area contributed by atoms with Gasteiger partial charge in [-0.3, -0.25) is 4.79 Å². The van der Waals surface area contributed by atoms with Crippen LogP contribution in [0.3, 0.4) is 0 Å². The molecule has 0 N–H and O–H groups in total. The molecule has 8 heteroatoms. The summed E-state index contributed by atoms with van der Waals surface area (Å²) in [5, 5.41) is 0. The molecule has 2 rings (SSSR count). The minimum Gasteiger partial charge on any atom is -0.491 e. The first kappa shape index (κ1) is 18.8. The number of benzene rings is 1. The van der Waals surface area contributed by atoms with Crippen LogP contribution in [-0.4, -0.2) is 27.8 Å². The van der Waals surface area contributed by atoms with E-state index in [0.29, 0.717) is 11.3 Å². The number of hydrogen-bond acceptors (Lipinski definition) is 4. The molecule has 0 aliphatic carbocycles. The summed E-state index contributed by atoms with van der Waals surface area (Å²) in [6.45, 7) is 3.70. The Bertz CT molecular complexity index is 726. The van der Waals surface area contributed by atoms with Gasteiger partial charge in [0.05, 0.1) is 12.5 Å². The summed E-state index contributed by atoms with van der Waals surface area (Å²) in [4.78, 5) is 15.6. The van der Waals surface area contributed by atoms with E-state index in [1.54, 1.807) is 24.3 Å². The standard InChI is InChI=1S/C17H19F3N2O3/c1-11(2)24-13-6-4-5-12(9-13)10-14(23)25-15(17(18,19)20)16-21-7-8-22(16)3/h4-9,11,15H,10H2,1-3H3.